The molecule has 0 saturated heterocycles. The number of benzene rings is 2. The molecule has 2 rings (SSSR count). The summed E-state index contributed by atoms with van der Waals surface area (Å²) in [6, 6.07) is 14.5. The highest BCUT2D eigenvalue weighted by atomic mass is 16.4. The highest BCUT2D eigenvalue weighted by molar-refractivity contribution is 5.87. The Kier molecular flexibility index (Phi) is 5.52. The standard InChI is InChI=1S/C19H21NO3/c1-3-17(15-8-4-13(2)5-9-15)20-18(21)12-14-6-10-16(11-7-14)19(22)23/h4-11,17H,3,12H2,1-2H3,(H,20,21)(H,22,23). The number of hydrogen-bond acceptors (Lipinski definition) is 2. The van der Waals surface area contributed by atoms with Crippen molar-refractivity contribution < 1.29 is 14.7 Å². The first kappa shape index (κ1) is 16.7. The van der Waals surface area contributed by atoms with E-state index in [-0.39, 0.29) is 23.9 Å². The average molecular weight is 311 g/mol. The van der Waals surface area contributed by atoms with Gasteiger partial charge in [-0.25, -0.2) is 4.79 Å². The first-order chi connectivity index (χ1) is 11.0. The topological polar surface area (TPSA) is 66.4 Å². The van der Waals surface area contributed by atoms with Gasteiger partial charge in [-0.05, 0) is 36.6 Å². The van der Waals surface area contributed by atoms with Crippen LogP contribution in [0.1, 0.15) is 46.4 Å². The van der Waals surface area contributed by atoms with Crippen LogP contribution in [0.3, 0.4) is 0 Å². The minimum atomic E-state index is -0.966. The summed E-state index contributed by atoms with van der Waals surface area (Å²) in [5.41, 5.74) is 3.30. The molecule has 0 saturated carbocycles. The Morgan fingerprint density at radius 1 is 1.04 bits per heavy atom. The molecule has 4 nitrogen and oxygen atoms in total. The van der Waals surface area contributed by atoms with Crippen molar-refractivity contribution in [3.63, 3.8) is 0 Å². The molecule has 2 aromatic carbocycles. The third-order valence-corrected chi connectivity index (χ3v) is 3.79. The summed E-state index contributed by atoms with van der Waals surface area (Å²) < 4.78 is 0. The molecule has 0 aliphatic heterocycles. The molecule has 0 aliphatic carbocycles. The monoisotopic (exact) mass is 311 g/mol. The minimum Gasteiger partial charge on any atom is -0.478 e. The molecule has 0 heterocycles. The van der Waals surface area contributed by atoms with Crippen LogP contribution >= 0.6 is 0 Å². The highest BCUT2D eigenvalue weighted by Gasteiger charge is 2.13. The highest BCUT2D eigenvalue weighted by Crippen LogP contribution is 2.17. The van der Waals surface area contributed by atoms with Crippen LogP contribution in [-0.4, -0.2) is 17.0 Å². The van der Waals surface area contributed by atoms with Crippen LogP contribution in [0.4, 0.5) is 0 Å². The molecule has 0 fully saturated rings. The molecular weight excluding hydrogens is 290 g/mol. The number of carbonyl (C=O) groups is 2. The fraction of sp³-hybridized carbons (Fsp3) is 0.263. The van der Waals surface area contributed by atoms with Crippen molar-refractivity contribution in [1.82, 2.24) is 5.32 Å². The van der Waals surface area contributed by atoms with Gasteiger partial charge in [-0.2, -0.15) is 0 Å². The molecule has 0 aromatic heterocycles. The van der Waals surface area contributed by atoms with Crippen molar-refractivity contribution in [2.75, 3.05) is 0 Å². The molecule has 0 aliphatic rings. The maximum absolute atomic E-state index is 12.2. The number of amides is 1. The molecule has 2 aromatic rings. The Labute approximate surface area is 136 Å². The van der Waals surface area contributed by atoms with Crippen molar-refractivity contribution in [2.24, 2.45) is 0 Å². The SMILES string of the molecule is CCC(NC(=O)Cc1ccc(C(=O)O)cc1)c1ccc(C)cc1. The van der Waals surface area contributed by atoms with Gasteiger partial charge in [0.2, 0.25) is 5.91 Å². The Morgan fingerprint density at radius 3 is 2.17 bits per heavy atom. The Morgan fingerprint density at radius 2 is 1.65 bits per heavy atom. The van der Waals surface area contributed by atoms with Crippen molar-refractivity contribution in [3.8, 4) is 0 Å². The maximum atomic E-state index is 12.2. The Hall–Kier alpha value is -2.62. The molecule has 1 amide bonds. The minimum absolute atomic E-state index is 0.0126. The second-order valence-corrected chi connectivity index (χ2v) is 5.62. The molecule has 0 spiro atoms. The summed E-state index contributed by atoms with van der Waals surface area (Å²) in [5, 5.41) is 11.9. The van der Waals surface area contributed by atoms with Gasteiger partial charge in [0, 0.05) is 0 Å². The summed E-state index contributed by atoms with van der Waals surface area (Å²) in [5.74, 6) is -1.04. The normalized spacial score (nSPS) is 11.7. The van der Waals surface area contributed by atoms with Crippen LogP contribution in [0.2, 0.25) is 0 Å². The molecule has 1 atom stereocenters. The molecule has 0 radical (unpaired) electrons. The second-order valence-electron chi connectivity index (χ2n) is 5.62. The number of aryl methyl sites for hydroxylation is 1. The zero-order valence-electron chi connectivity index (χ0n) is 13.4. The predicted octanol–water partition coefficient (Wildman–Crippen LogP) is 3.50. The number of carbonyl (C=O) groups excluding carboxylic acids is 1. The van der Waals surface area contributed by atoms with Crippen LogP contribution in [-0.2, 0) is 11.2 Å². The molecule has 1 unspecified atom stereocenters. The molecule has 23 heavy (non-hydrogen) atoms. The lowest BCUT2D eigenvalue weighted by Gasteiger charge is -2.18. The molecule has 0 bridgehead atoms. The molecule has 2 N–H and O–H groups in total. The van der Waals surface area contributed by atoms with Gasteiger partial charge in [-0.1, -0.05) is 48.9 Å². The summed E-state index contributed by atoms with van der Waals surface area (Å²) in [7, 11) is 0. The van der Waals surface area contributed by atoms with Gasteiger partial charge in [0.05, 0.1) is 18.0 Å². The third-order valence-electron chi connectivity index (χ3n) is 3.79. The largest absolute Gasteiger partial charge is 0.478 e. The Balaban J connectivity index is 1.99. The van der Waals surface area contributed by atoms with Crippen molar-refractivity contribution in [3.05, 3.63) is 70.8 Å². The van der Waals surface area contributed by atoms with E-state index in [0.29, 0.717) is 0 Å². The summed E-state index contributed by atoms with van der Waals surface area (Å²) >= 11 is 0. The predicted molar refractivity (Wildman–Crippen MR) is 89.5 cm³/mol. The van der Waals surface area contributed by atoms with E-state index in [0.717, 1.165) is 17.5 Å². The second kappa shape index (κ2) is 7.58. The zero-order valence-corrected chi connectivity index (χ0v) is 13.4. The van der Waals surface area contributed by atoms with E-state index in [1.165, 1.54) is 17.7 Å². The zero-order chi connectivity index (χ0) is 16.8. The first-order valence-corrected chi connectivity index (χ1v) is 7.67. The number of hydrogen-bond donors (Lipinski definition) is 2. The lowest BCUT2D eigenvalue weighted by molar-refractivity contribution is -0.121. The van der Waals surface area contributed by atoms with Crippen LogP contribution in [0.15, 0.2) is 48.5 Å². The van der Waals surface area contributed by atoms with Gasteiger partial charge in [-0.3, -0.25) is 4.79 Å². The van der Waals surface area contributed by atoms with Gasteiger partial charge in [-0.15, -0.1) is 0 Å². The summed E-state index contributed by atoms with van der Waals surface area (Å²) in [6.45, 7) is 4.07. The maximum Gasteiger partial charge on any atom is 0.335 e. The smallest absolute Gasteiger partial charge is 0.335 e. The van der Waals surface area contributed by atoms with Gasteiger partial charge in [0.25, 0.3) is 0 Å². The van der Waals surface area contributed by atoms with E-state index in [1.54, 1.807) is 12.1 Å². The van der Waals surface area contributed by atoms with Gasteiger partial charge < -0.3 is 10.4 Å². The lowest BCUT2D eigenvalue weighted by atomic mass is 10.0. The van der Waals surface area contributed by atoms with Crippen LogP contribution < -0.4 is 5.32 Å². The van der Waals surface area contributed by atoms with Crippen molar-refractivity contribution in [2.45, 2.75) is 32.7 Å². The first-order valence-electron chi connectivity index (χ1n) is 7.67. The van der Waals surface area contributed by atoms with E-state index in [2.05, 4.69) is 5.32 Å². The molecule has 4 heteroatoms. The third kappa shape index (κ3) is 4.68. The van der Waals surface area contributed by atoms with Gasteiger partial charge in [0.15, 0.2) is 0 Å². The number of carboxylic acids is 1. The van der Waals surface area contributed by atoms with E-state index in [4.69, 9.17) is 5.11 Å². The quantitative estimate of drug-likeness (QED) is 0.858. The number of carboxylic acid groups (broad SMARTS) is 1. The number of rotatable bonds is 6. The Bertz CT molecular complexity index is 675. The fourth-order valence-corrected chi connectivity index (χ4v) is 2.42. The van der Waals surface area contributed by atoms with E-state index in [1.807, 2.05) is 38.1 Å². The summed E-state index contributed by atoms with van der Waals surface area (Å²) in [4.78, 5) is 23.0. The van der Waals surface area contributed by atoms with E-state index < -0.39 is 5.97 Å². The van der Waals surface area contributed by atoms with Crippen LogP contribution in [0.25, 0.3) is 0 Å². The van der Waals surface area contributed by atoms with Crippen molar-refractivity contribution in [1.29, 1.82) is 0 Å². The van der Waals surface area contributed by atoms with Crippen molar-refractivity contribution >= 4 is 11.9 Å². The molecule has 120 valence electrons. The lowest BCUT2D eigenvalue weighted by Crippen LogP contribution is -2.29. The summed E-state index contributed by atoms with van der Waals surface area (Å²) in [6.07, 6.45) is 1.05. The van der Waals surface area contributed by atoms with E-state index >= 15 is 0 Å². The van der Waals surface area contributed by atoms with E-state index in [9.17, 15) is 9.59 Å². The average Bonchev–Trinajstić information content (AvgIpc) is 2.54. The number of aromatic carboxylic acids is 1. The van der Waals surface area contributed by atoms with Crippen LogP contribution in [0.5, 0.6) is 0 Å². The van der Waals surface area contributed by atoms with Crippen LogP contribution in [0, 0.1) is 6.92 Å². The van der Waals surface area contributed by atoms with Gasteiger partial charge >= 0.3 is 5.97 Å². The fourth-order valence-electron chi connectivity index (χ4n) is 2.42. The van der Waals surface area contributed by atoms with Gasteiger partial charge in [0.1, 0.15) is 0 Å². The molecular formula is C19H21NO3. The number of nitrogens with one attached hydrogen (secondary N) is 1.